The van der Waals surface area contributed by atoms with E-state index in [1.165, 1.54) is 0 Å². The van der Waals surface area contributed by atoms with Crippen molar-refractivity contribution in [3.63, 3.8) is 0 Å². The highest BCUT2D eigenvalue weighted by Gasteiger charge is 2.25. The Balaban J connectivity index is 2.31. The Bertz CT molecular complexity index is 1030. The van der Waals surface area contributed by atoms with E-state index in [0.29, 0.717) is 0 Å². The van der Waals surface area contributed by atoms with Gasteiger partial charge in [-0.05, 0) is 43.1 Å². The van der Waals surface area contributed by atoms with Crippen LogP contribution in [0.4, 0.5) is 0 Å². The normalized spacial score (nSPS) is 47.2. The van der Waals surface area contributed by atoms with E-state index in [0.717, 1.165) is 7.11 Å². The van der Waals surface area contributed by atoms with Crippen LogP contribution in [0, 0.1) is 0 Å². The molecule has 1 atom stereocenters. The van der Waals surface area contributed by atoms with Crippen molar-refractivity contribution in [1.29, 1.82) is 0 Å². The number of carbonyl (C=O) groups is 1. The minimum absolute atomic E-state index is 0.519. The highest BCUT2D eigenvalue weighted by atomic mass is 16.5. The van der Waals surface area contributed by atoms with Crippen molar-refractivity contribution in [2.45, 2.75) is 43.9 Å². The molecule has 0 aromatic heterocycles. The molecule has 1 saturated heterocycles. The van der Waals surface area contributed by atoms with Crippen LogP contribution in [0.2, 0.25) is 0 Å². The molecule has 0 radical (unpaired) electrons. The molecule has 3 rings (SSSR count). The van der Waals surface area contributed by atoms with E-state index < -0.39 is 91.5 Å². The number of hydrogen-bond donors (Lipinski definition) is 1. The van der Waals surface area contributed by atoms with Gasteiger partial charge in [0, 0.05) is 32.5 Å². The van der Waals surface area contributed by atoms with Crippen LogP contribution < -0.4 is 14.8 Å². The maximum atomic E-state index is 11.8. The fourth-order valence-electron chi connectivity index (χ4n) is 1.77. The molecule has 1 amide bonds. The lowest BCUT2D eigenvalue weighted by atomic mass is 9.98. The van der Waals surface area contributed by atoms with Crippen LogP contribution in [0.25, 0.3) is 0 Å². The second-order valence-corrected chi connectivity index (χ2v) is 4.03. The predicted octanol–water partition coefficient (Wildman–Crippen LogP) is 2.62. The lowest BCUT2D eigenvalue weighted by Crippen LogP contribution is -2.14. The first kappa shape index (κ1) is 4.65. The first-order valence-corrected chi connectivity index (χ1v) is 5.81. The number of ether oxygens (including phenoxy) is 2. The van der Waals surface area contributed by atoms with Crippen molar-refractivity contribution >= 4 is 5.91 Å². The van der Waals surface area contributed by atoms with Crippen LogP contribution in [0.5, 0.6) is 11.5 Å². The molecule has 4 nitrogen and oxygen atoms in total. The average molecular weight is 289 g/mol. The summed E-state index contributed by atoms with van der Waals surface area (Å²) in [6, 6.07) is -2.43. The van der Waals surface area contributed by atoms with Crippen molar-refractivity contribution < 1.29 is 33.5 Å². The van der Waals surface area contributed by atoms with Gasteiger partial charge in [-0.15, -0.1) is 0 Å². The molecule has 0 bridgehead atoms. The van der Waals surface area contributed by atoms with Gasteiger partial charge in [-0.3, -0.25) is 4.79 Å². The van der Waals surface area contributed by atoms with Gasteiger partial charge in [-0.1, -0.05) is 6.04 Å². The van der Waals surface area contributed by atoms with E-state index in [9.17, 15) is 4.79 Å². The summed E-state index contributed by atoms with van der Waals surface area (Å²) in [7, 11) is 0.978. The molecule has 1 aromatic carbocycles. The third-order valence-corrected chi connectivity index (χ3v) is 2.71. The van der Waals surface area contributed by atoms with Gasteiger partial charge in [-0.25, -0.2) is 0 Å². The Labute approximate surface area is 139 Å². The van der Waals surface area contributed by atoms with Crippen LogP contribution in [0.15, 0.2) is 18.1 Å². The van der Waals surface area contributed by atoms with Crippen LogP contribution in [-0.2, 0) is 4.79 Å². The lowest BCUT2D eigenvalue weighted by Gasteiger charge is -2.18. The quantitative estimate of drug-likeness (QED) is 0.927. The third kappa shape index (κ3) is 2.74. The van der Waals surface area contributed by atoms with E-state index >= 15 is 0 Å². The van der Waals surface area contributed by atoms with Crippen molar-refractivity contribution in [3.8, 4) is 11.5 Å². The van der Waals surface area contributed by atoms with E-state index in [1.807, 2.05) is 5.32 Å². The van der Waals surface area contributed by atoms with Crippen molar-refractivity contribution in [3.05, 3.63) is 23.7 Å². The maximum absolute atomic E-state index is 11.8. The monoisotopic (exact) mass is 289 g/mol. The maximum Gasteiger partial charge on any atom is 0.220 e. The molecule has 0 spiro atoms. The molecule has 4 heteroatoms. The topological polar surface area (TPSA) is 47.6 Å². The molecule has 108 valence electrons. The molecule has 1 aliphatic heterocycles. The number of hydrogen-bond acceptors (Lipinski definition) is 3. The Morgan fingerprint density at radius 2 is 2.20 bits per heavy atom. The minimum Gasteiger partial charge on any atom is -0.493 e. The summed E-state index contributed by atoms with van der Waals surface area (Å²) in [4.78, 5) is 11.8. The van der Waals surface area contributed by atoms with Gasteiger partial charge in [0.2, 0.25) is 5.91 Å². The fraction of sp³-hybridized carbons (Fsp3) is 0.562. The van der Waals surface area contributed by atoms with E-state index in [-0.39, 0.29) is 0 Å². The summed E-state index contributed by atoms with van der Waals surface area (Å²) < 4.78 is 124. The standard InChI is InChI=1S/C16H21NO3/c1-19-14-7-6-11(12-9-16(18)17-10-12)8-15(14)20-13-4-2-3-5-13/h6-8,12-13H,2-5,9-10H2,1H3,(H,17,18)/i2D2,3D2,4D2,5D2,6D,7D,8D,10D2,13D. The zero-order chi connectivity index (χ0) is 26.4. The Kier molecular flexibility index (Phi) is 1.33. The number of benzene rings is 1. The summed E-state index contributed by atoms with van der Waals surface area (Å²) in [5, 5.41) is 2.03. The molecule has 20 heavy (non-hydrogen) atoms. The molecule has 1 heterocycles. The van der Waals surface area contributed by atoms with Gasteiger partial charge in [-0.2, -0.15) is 0 Å². The molecule has 1 aliphatic carbocycles. The summed E-state index contributed by atoms with van der Waals surface area (Å²) in [6.45, 7) is -2.45. The van der Waals surface area contributed by atoms with E-state index in [4.69, 9.17) is 28.7 Å². The molecule has 2 fully saturated rings. The zero-order valence-electron chi connectivity index (χ0n) is 24.5. The summed E-state index contributed by atoms with van der Waals surface area (Å²) in [5.41, 5.74) is -0.530. The third-order valence-electron chi connectivity index (χ3n) is 2.71. The fourth-order valence-corrected chi connectivity index (χ4v) is 1.77. The van der Waals surface area contributed by atoms with Gasteiger partial charge >= 0.3 is 0 Å². The number of carbonyl (C=O) groups excluding carboxylic acids is 1. The van der Waals surface area contributed by atoms with Gasteiger partial charge in [0.25, 0.3) is 0 Å². The van der Waals surface area contributed by atoms with Gasteiger partial charge in [0.15, 0.2) is 11.5 Å². The van der Waals surface area contributed by atoms with Crippen LogP contribution in [0.1, 0.15) is 62.6 Å². The highest BCUT2D eigenvalue weighted by Crippen LogP contribution is 2.35. The Morgan fingerprint density at radius 3 is 2.85 bits per heavy atom. The molecular formula is C16H21NO3. The molecule has 1 N–H and O–H groups in total. The second kappa shape index (κ2) is 5.73. The zero-order valence-corrected chi connectivity index (χ0v) is 10.5. The van der Waals surface area contributed by atoms with Crippen molar-refractivity contribution in [2.75, 3.05) is 13.6 Å². The molecule has 1 saturated carbocycles. The first-order chi connectivity index (χ1) is 15.1. The van der Waals surface area contributed by atoms with Crippen molar-refractivity contribution in [1.82, 2.24) is 5.32 Å². The number of amides is 1. The van der Waals surface area contributed by atoms with Gasteiger partial charge < -0.3 is 14.8 Å². The van der Waals surface area contributed by atoms with Crippen LogP contribution in [-0.4, -0.2) is 25.6 Å². The van der Waals surface area contributed by atoms with Crippen LogP contribution >= 0.6 is 0 Å². The number of nitrogens with one attached hydrogen (secondary N) is 1. The SMILES string of the molecule is [2H]c1c([2H])c(C2CC(=O)NC2([2H])[2H])c([2H])c(OC2([2H])C([2H])([2H])C([2H])([2H])C([2H])([2H])C2([2H])[2H])c1OC. The first-order valence-electron chi connectivity index (χ1n) is 12.8. The molecule has 1 aromatic rings. The average Bonchev–Trinajstić information content (AvgIpc) is 2.98. The minimum atomic E-state index is -3.66. The van der Waals surface area contributed by atoms with Gasteiger partial charge in [0.05, 0.1) is 18.7 Å². The van der Waals surface area contributed by atoms with Gasteiger partial charge in [0.1, 0.15) is 0 Å². The Morgan fingerprint density at radius 1 is 1.40 bits per heavy atom. The molecule has 2 aliphatic rings. The molecular weight excluding hydrogens is 254 g/mol. The number of methoxy groups -OCH3 is 1. The predicted molar refractivity (Wildman–Crippen MR) is 76.2 cm³/mol. The number of rotatable bonds is 4. The largest absolute Gasteiger partial charge is 0.493 e. The van der Waals surface area contributed by atoms with E-state index in [1.54, 1.807) is 0 Å². The second-order valence-electron chi connectivity index (χ2n) is 4.03. The Hall–Kier alpha value is -1.71. The summed E-state index contributed by atoms with van der Waals surface area (Å²) in [5.74, 6) is -3.93. The van der Waals surface area contributed by atoms with E-state index in [2.05, 4.69) is 0 Å². The van der Waals surface area contributed by atoms with Crippen molar-refractivity contribution in [2.24, 2.45) is 0 Å². The summed E-state index contributed by atoms with van der Waals surface area (Å²) in [6.07, 6.45) is -18.6. The molecule has 1 unspecified atom stereocenters. The lowest BCUT2D eigenvalue weighted by molar-refractivity contribution is -0.119. The highest BCUT2D eigenvalue weighted by molar-refractivity contribution is 5.79. The van der Waals surface area contributed by atoms with Crippen LogP contribution in [0.3, 0.4) is 0 Å². The summed E-state index contributed by atoms with van der Waals surface area (Å²) >= 11 is 0. The smallest absolute Gasteiger partial charge is 0.220 e.